The van der Waals surface area contributed by atoms with Gasteiger partial charge in [0.15, 0.2) is 5.89 Å². The highest BCUT2D eigenvalue weighted by Crippen LogP contribution is 2.23. The summed E-state index contributed by atoms with van der Waals surface area (Å²) in [5.74, 6) is 1.30. The standard InChI is InChI=1S/C16H25N3O3/c1-12(2)15-17-13(11-22-15)10-19-5-3-4-14(19)16(20)18-6-8-21-9-7-18/h11-12,14H,3-10H2,1-2H3/t14-/m0/s1. The van der Waals surface area contributed by atoms with Crippen LogP contribution in [0.4, 0.5) is 0 Å². The van der Waals surface area contributed by atoms with E-state index in [2.05, 4.69) is 23.7 Å². The van der Waals surface area contributed by atoms with E-state index >= 15 is 0 Å². The van der Waals surface area contributed by atoms with Gasteiger partial charge in [0, 0.05) is 25.6 Å². The Labute approximate surface area is 131 Å². The van der Waals surface area contributed by atoms with Crippen molar-refractivity contribution in [2.24, 2.45) is 0 Å². The number of ether oxygens (including phenoxy) is 1. The monoisotopic (exact) mass is 307 g/mol. The lowest BCUT2D eigenvalue weighted by Gasteiger charge is -2.32. The number of hydrogen-bond acceptors (Lipinski definition) is 5. The van der Waals surface area contributed by atoms with Gasteiger partial charge in [-0.15, -0.1) is 0 Å². The Morgan fingerprint density at radius 3 is 2.82 bits per heavy atom. The van der Waals surface area contributed by atoms with Crippen molar-refractivity contribution in [3.63, 3.8) is 0 Å². The maximum atomic E-state index is 12.7. The molecule has 6 nitrogen and oxygen atoms in total. The molecule has 1 amide bonds. The molecule has 2 saturated heterocycles. The molecule has 6 heteroatoms. The van der Waals surface area contributed by atoms with Crippen molar-refractivity contribution >= 4 is 5.91 Å². The van der Waals surface area contributed by atoms with E-state index in [-0.39, 0.29) is 17.9 Å². The van der Waals surface area contributed by atoms with Gasteiger partial charge in [-0.05, 0) is 19.4 Å². The maximum Gasteiger partial charge on any atom is 0.240 e. The molecule has 122 valence electrons. The van der Waals surface area contributed by atoms with Gasteiger partial charge in [0.1, 0.15) is 6.26 Å². The minimum absolute atomic E-state index is 0.0164. The van der Waals surface area contributed by atoms with Crippen LogP contribution in [0, 0.1) is 0 Å². The summed E-state index contributed by atoms with van der Waals surface area (Å²) in [6.45, 7) is 8.50. The van der Waals surface area contributed by atoms with E-state index in [0.29, 0.717) is 32.8 Å². The fraction of sp³-hybridized carbons (Fsp3) is 0.750. The largest absolute Gasteiger partial charge is 0.448 e. The maximum absolute atomic E-state index is 12.7. The summed E-state index contributed by atoms with van der Waals surface area (Å²) in [4.78, 5) is 21.4. The molecule has 3 rings (SSSR count). The Balaban J connectivity index is 1.63. The average Bonchev–Trinajstić information content (AvgIpc) is 3.17. The van der Waals surface area contributed by atoms with Crippen molar-refractivity contribution in [1.82, 2.24) is 14.8 Å². The van der Waals surface area contributed by atoms with E-state index in [1.165, 1.54) is 0 Å². The topological polar surface area (TPSA) is 58.8 Å². The second-order valence-electron chi connectivity index (χ2n) is 6.40. The number of morpholine rings is 1. The zero-order chi connectivity index (χ0) is 15.5. The fourth-order valence-electron chi connectivity index (χ4n) is 3.16. The van der Waals surface area contributed by atoms with Crippen molar-refractivity contribution in [1.29, 1.82) is 0 Å². The summed E-state index contributed by atoms with van der Waals surface area (Å²) < 4.78 is 10.8. The SMILES string of the molecule is CC(C)c1nc(CN2CCC[C@H]2C(=O)N2CCOCC2)co1. The number of hydrogen-bond donors (Lipinski definition) is 0. The van der Waals surface area contributed by atoms with Crippen LogP contribution >= 0.6 is 0 Å². The van der Waals surface area contributed by atoms with Crippen LogP contribution in [-0.4, -0.2) is 59.6 Å². The van der Waals surface area contributed by atoms with Crippen LogP contribution in [0.25, 0.3) is 0 Å². The van der Waals surface area contributed by atoms with Crippen LogP contribution in [0.2, 0.25) is 0 Å². The van der Waals surface area contributed by atoms with E-state index in [9.17, 15) is 4.79 Å². The van der Waals surface area contributed by atoms with Gasteiger partial charge < -0.3 is 14.1 Å². The first-order valence-electron chi connectivity index (χ1n) is 8.20. The number of aromatic nitrogens is 1. The minimum atomic E-state index is -0.0164. The molecule has 0 spiro atoms. The van der Waals surface area contributed by atoms with Crippen molar-refractivity contribution in [3.05, 3.63) is 17.8 Å². The van der Waals surface area contributed by atoms with Gasteiger partial charge in [0.05, 0.1) is 24.9 Å². The first-order chi connectivity index (χ1) is 10.6. The van der Waals surface area contributed by atoms with Gasteiger partial charge in [-0.2, -0.15) is 0 Å². The summed E-state index contributed by atoms with van der Waals surface area (Å²) in [5.41, 5.74) is 0.922. The Morgan fingerprint density at radius 1 is 1.36 bits per heavy atom. The lowest BCUT2D eigenvalue weighted by atomic mass is 10.2. The third-order valence-corrected chi connectivity index (χ3v) is 4.40. The highest BCUT2D eigenvalue weighted by Gasteiger charge is 2.34. The Bertz CT molecular complexity index is 508. The van der Waals surface area contributed by atoms with Crippen molar-refractivity contribution in [2.75, 3.05) is 32.8 Å². The number of oxazole rings is 1. The summed E-state index contributed by atoms with van der Waals surface area (Å²) >= 11 is 0. The molecule has 0 radical (unpaired) electrons. The molecule has 22 heavy (non-hydrogen) atoms. The summed E-state index contributed by atoms with van der Waals surface area (Å²) in [7, 11) is 0. The zero-order valence-electron chi connectivity index (χ0n) is 13.5. The van der Waals surface area contributed by atoms with Crippen LogP contribution in [0.3, 0.4) is 0 Å². The number of nitrogens with zero attached hydrogens (tertiary/aromatic N) is 3. The molecule has 1 atom stereocenters. The molecule has 3 heterocycles. The zero-order valence-corrected chi connectivity index (χ0v) is 13.5. The molecule has 0 N–H and O–H groups in total. The molecule has 0 aromatic carbocycles. The highest BCUT2D eigenvalue weighted by molar-refractivity contribution is 5.82. The van der Waals surface area contributed by atoms with E-state index in [0.717, 1.165) is 31.0 Å². The van der Waals surface area contributed by atoms with Crippen LogP contribution < -0.4 is 0 Å². The molecule has 2 fully saturated rings. The Hall–Kier alpha value is -1.40. The van der Waals surface area contributed by atoms with Gasteiger partial charge in [-0.25, -0.2) is 4.98 Å². The van der Waals surface area contributed by atoms with Gasteiger partial charge in [0.2, 0.25) is 5.91 Å². The first-order valence-corrected chi connectivity index (χ1v) is 8.20. The van der Waals surface area contributed by atoms with Crippen molar-refractivity contribution in [2.45, 2.75) is 45.2 Å². The molecule has 0 bridgehead atoms. The van der Waals surface area contributed by atoms with Crippen LogP contribution in [-0.2, 0) is 16.1 Å². The number of rotatable bonds is 4. The molecule has 2 aliphatic heterocycles. The molecule has 1 aromatic heterocycles. The van der Waals surface area contributed by atoms with Gasteiger partial charge >= 0.3 is 0 Å². The average molecular weight is 307 g/mol. The molecule has 1 aromatic rings. The summed E-state index contributed by atoms with van der Waals surface area (Å²) in [5, 5.41) is 0. The van der Waals surface area contributed by atoms with Crippen molar-refractivity contribution in [3.8, 4) is 0 Å². The Morgan fingerprint density at radius 2 is 2.14 bits per heavy atom. The lowest BCUT2D eigenvalue weighted by Crippen LogP contribution is -2.49. The molecule has 0 aliphatic carbocycles. The number of amides is 1. The molecule has 0 unspecified atom stereocenters. The predicted molar refractivity (Wildman–Crippen MR) is 81.4 cm³/mol. The van der Waals surface area contributed by atoms with E-state index < -0.39 is 0 Å². The van der Waals surface area contributed by atoms with Crippen LogP contribution in [0.1, 0.15) is 44.2 Å². The smallest absolute Gasteiger partial charge is 0.240 e. The quantitative estimate of drug-likeness (QED) is 0.846. The summed E-state index contributed by atoms with van der Waals surface area (Å²) in [6.07, 6.45) is 3.73. The number of carbonyl (C=O) groups excluding carboxylic acids is 1. The fourth-order valence-corrected chi connectivity index (χ4v) is 3.16. The minimum Gasteiger partial charge on any atom is -0.448 e. The van der Waals surface area contributed by atoms with E-state index in [1.807, 2.05) is 4.90 Å². The van der Waals surface area contributed by atoms with Gasteiger partial charge in [0.25, 0.3) is 0 Å². The van der Waals surface area contributed by atoms with Gasteiger partial charge in [-0.3, -0.25) is 9.69 Å². The first kappa shape index (κ1) is 15.5. The summed E-state index contributed by atoms with van der Waals surface area (Å²) in [6, 6.07) is -0.0164. The second kappa shape index (κ2) is 6.79. The second-order valence-corrected chi connectivity index (χ2v) is 6.40. The van der Waals surface area contributed by atoms with E-state index in [4.69, 9.17) is 9.15 Å². The molecular weight excluding hydrogens is 282 g/mol. The van der Waals surface area contributed by atoms with Crippen LogP contribution in [0.5, 0.6) is 0 Å². The number of carbonyl (C=O) groups is 1. The molecular formula is C16H25N3O3. The Kier molecular flexibility index (Phi) is 4.78. The van der Waals surface area contributed by atoms with E-state index in [1.54, 1.807) is 6.26 Å². The lowest BCUT2D eigenvalue weighted by molar-refractivity contribution is -0.140. The third-order valence-electron chi connectivity index (χ3n) is 4.40. The van der Waals surface area contributed by atoms with Gasteiger partial charge in [-0.1, -0.05) is 13.8 Å². The molecule has 2 aliphatic rings. The normalized spacial score (nSPS) is 23.4. The number of likely N-dealkylation sites (tertiary alicyclic amines) is 1. The van der Waals surface area contributed by atoms with Crippen molar-refractivity contribution < 1.29 is 13.9 Å². The highest BCUT2D eigenvalue weighted by atomic mass is 16.5. The third kappa shape index (κ3) is 3.33. The molecule has 0 saturated carbocycles. The predicted octanol–water partition coefficient (Wildman–Crippen LogP) is 1.62. The van der Waals surface area contributed by atoms with Crippen LogP contribution in [0.15, 0.2) is 10.7 Å².